The lowest BCUT2D eigenvalue weighted by Gasteiger charge is -2.25. The second-order valence-corrected chi connectivity index (χ2v) is 7.29. The van der Waals surface area contributed by atoms with Crippen molar-refractivity contribution in [1.82, 2.24) is 9.88 Å². The van der Waals surface area contributed by atoms with Gasteiger partial charge in [-0.1, -0.05) is 12.1 Å². The molecular formula is C17H14N2OS2. The number of nitrogens with zero attached hydrogens (tertiary/aromatic N) is 2. The van der Waals surface area contributed by atoms with Crippen LogP contribution in [0.15, 0.2) is 41.8 Å². The molecule has 0 fully saturated rings. The number of aromatic nitrogens is 1. The molecule has 1 aliphatic heterocycles. The van der Waals surface area contributed by atoms with Gasteiger partial charge in [-0.3, -0.25) is 4.79 Å². The Morgan fingerprint density at radius 2 is 2.18 bits per heavy atom. The largest absolute Gasteiger partial charge is 0.334 e. The van der Waals surface area contributed by atoms with Crippen LogP contribution >= 0.6 is 22.7 Å². The highest BCUT2D eigenvalue weighted by molar-refractivity contribution is 7.19. The first-order chi connectivity index (χ1) is 10.8. The van der Waals surface area contributed by atoms with Gasteiger partial charge in [-0.15, -0.1) is 22.7 Å². The Balaban J connectivity index is 1.49. The minimum absolute atomic E-state index is 0.0658. The Bertz CT molecular complexity index is 829. The summed E-state index contributed by atoms with van der Waals surface area (Å²) in [4.78, 5) is 20.2. The van der Waals surface area contributed by atoms with Crippen LogP contribution in [0.4, 0.5) is 0 Å². The Labute approximate surface area is 136 Å². The molecule has 4 rings (SSSR count). The number of hydrogen-bond acceptors (Lipinski definition) is 4. The smallest absolute Gasteiger partial charge is 0.246 e. The highest BCUT2D eigenvalue weighted by Gasteiger charge is 2.19. The Kier molecular flexibility index (Phi) is 3.52. The summed E-state index contributed by atoms with van der Waals surface area (Å²) >= 11 is 3.40. The van der Waals surface area contributed by atoms with E-state index >= 15 is 0 Å². The summed E-state index contributed by atoms with van der Waals surface area (Å²) in [5.41, 5.74) is 2.28. The number of thiophene rings is 1. The van der Waals surface area contributed by atoms with Crippen molar-refractivity contribution >= 4 is 44.9 Å². The maximum atomic E-state index is 12.3. The molecule has 110 valence electrons. The Hall–Kier alpha value is -1.98. The van der Waals surface area contributed by atoms with Gasteiger partial charge in [0.2, 0.25) is 5.91 Å². The first-order valence-electron chi connectivity index (χ1n) is 7.17. The number of para-hydroxylation sites is 1. The number of rotatable bonds is 2. The summed E-state index contributed by atoms with van der Waals surface area (Å²) in [5.74, 6) is 0.0658. The van der Waals surface area contributed by atoms with Crippen molar-refractivity contribution in [2.75, 3.05) is 6.54 Å². The van der Waals surface area contributed by atoms with Crippen molar-refractivity contribution in [3.63, 3.8) is 0 Å². The third-order valence-electron chi connectivity index (χ3n) is 3.80. The SMILES string of the molecule is O=C(/C=C/c1nc2ccccc2s1)N1CCc2sccc2C1. The molecule has 0 saturated heterocycles. The third kappa shape index (κ3) is 2.58. The highest BCUT2D eigenvalue weighted by atomic mass is 32.1. The summed E-state index contributed by atoms with van der Waals surface area (Å²) in [7, 11) is 0. The zero-order chi connectivity index (χ0) is 14.9. The van der Waals surface area contributed by atoms with Crippen LogP contribution in [0.3, 0.4) is 0 Å². The van der Waals surface area contributed by atoms with E-state index < -0.39 is 0 Å². The molecule has 0 saturated carbocycles. The van der Waals surface area contributed by atoms with E-state index in [-0.39, 0.29) is 5.91 Å². The van der Waals surface area contributed by atoms with E-state index in [0.717, 1.165) is 34.7 Å². The van der Waals surface area contributed by atoms with Gasteiger partial charge in [0.25, 0.3) is 0 Å². The molecule has 3 heterocycles. The third-order valence-corrected chi connectivity index (χ3v) is 5.82. The zero-order valence-electron chi connectivity index (χ0n) is 11.9. The van der Waals surface area contributed by atoms with Gasteiger partial charge in [0.05, 0.1) is 10.2 Å². The van der Waals surface area contributed by atoms with Crippen molar-refractivity contribution in [3.8, 4) is 0 Å². The summed E-state index contributed by atoms with van der Waals surface area (Å²) in [6.45, 7) is 1.53. The lowest BCUT2D eigenvalue weighted by molar-refractivity contribution is -0.126. The summed E-state index contributed by atoms with van der Waals surface area (Å²) < 4.78 is 1.15. The lowest BCUT2D eigenvalue weighted by Crippen LogP contribution is -2.34. The molecule has 1 aromatic carbocycles. The van der Waals surface area contributed by atoms with Crippen LogP contribution in [0.1, 0.15) is 15.4 Å². The van der Waals surface area contributed by atoms with Crippen LogP contribution in [0.2, 0.25) is 0 Å². The van der Waals surface area contributed by atoms with Crippen LogP contribution in [0.5, 0.6) is 0 Å². The quantitative estimate of drug-likeness (QED) is 0.668. The molecular weight excluding hydrogens is 312 g/mol. The maximum absolute atomic E-state index is 12.3. The van der Waals surface area contributed by atoms with Crippen LogP contribution in [-0.4, -0.2) is 22.3 Å². The second kappa shape index (κ2) is 5.66. The van der Waals surface area contributed by atoms with Gasteiger partial charge in [-0.05, 0) is 41.6 Å². The van der Waals surface area contributed by atoms with Crippen molar-refractivity contribution in [2.45, 2.75) is 13.0 Å². The molecule has 0 radical (unpaired) electrons. The van der Waals surface area contributed by atoms with Gasteiger partial charge in [0, 0.05) is 24.0 Å². The van der Waals surface area contributed by atoms with Gasteiger partial charge in [-0.25, -0.2) is 4.98 Å². The number of amides is 1. The minimum atomic E-state index is 0.0658. The molecule has 0 atom stereocenters. The van der Waals surface area contributed by atoms with E-state index in [1.807, 2.05) is 29.2 Å². The molecule has 0 N–H and O–H groups in total. The van der Waals surface area contributed by atoms with Crippen LogP contribution < -0.4 is 0 Å². The van der Waals surface area contributed by atoms with Crippen LogP contribution in [0.25, 0.3) is 16.3 Å². The van der Waals surface area contributed by atoms with E-state index in [0.29, 0.717) is 0 Å². The predicted molar refractivity (Wildman–Crippen MR) is 92.1 cm³/mol. The summed E-state index contributed by atoms with van der Waals surface area (Å²) in [5, 5.41) is 2.98. The molecule has 3 aromatic rings. The molecule has 0 aliphatic carbocycles. The first-order valence-corrected chi connectivity index (χ1v) is 8.87. The molecule has 2 aromatic heterocycles. The Morgan fingerprint density at radius 1 is 1.27 bits per heavy atom. The molecule has 22 heavy (non-hydrogen) atoms. The van der Waals surface area contributed by atoms with Crippen LogP contribution in [-0.2, 0) is 17.8 Å². The number of carbonyl (C=O) groups is 1. The summed E-state index contributed by atoms with van der Waals surface area (Å²) in [6.07, 6.45) is 4.44. The molecule has 1 aliphatic rings. The topological polar surface area (TPSA) is 33.2 Å². The molecule has 0 spiro atoms. The van der Waals surface area contributed by atoms with Gasteiger partial charge >= 0.3 is 0 Å². The van der Waals surface area contributed by atoms with Gasteiger partial charge in [-0.2, -0.15) is 0 Å². The van der Waals surface area contributed by atoms with E-state index in [1.165, 1.54) is 10.4 Å². The number of benzene rings is 1. The standard InChI is InChI=1S/C17H14N2OS2/c20-17(19-9-7-14-12(11-19)8-10-21-14)6-5-16-18-13-3-1-2-4-15(13)22-16/h1-6,8,10H,7,9,11H2/b6-5+. The minimum Gasteiger partial charge on any atom is -0.334 e. The van der Waals surface area contributed by atoms with E-state index in [1.54, 1.807) is 28.7 Å². The van der Waals surface area contributed by atoms with E-state index in [4.69, 9.17) is 0 Å². The van der Waals surface area contributed by atoms with E-state index in [9.17, 15) is 4.79 Å². The van der Waals surface area contributed by atoms with Gasteiger partial charge in [0.15, 0.2) is 0 Å². The monoisotopic (exact) mass is 326 g/mol. The van der Waals surface area contributed by atoms with Gasteiger partial charge in [0.1, 0.15) is 5.01 Å². The van der Waals surface area contributed by atoms with Crippen LogP contribution in [0, 0.1) is 0 Å². The molecule has 0 bridgehead atoms. The average Bonchev–Trinajstić information content (AvgIpc) is 3.17. The fraction of sp³-hybridized carbons (Fsp3) is 0.176. The number of thiazole rings is 1. The normalized spacial score (nSPS) is 14.6. The Morgan fingerprint density at radius 3 is 3.09 bits per heavy atom. The zero-order valence-corrected chi connectivity index (χ0v) is 13.5. The number of carbonyl (C=O) groups excluding carboxylic acids is 1. The molecule has 1 amide bonds. The molecule has 0 unspecified atom stereocenters. The summed E-state index contributed by atoms with van der Waals surface area (Å²) in [6, 6.07) is 10.2. The fourth-order valence-corrected chi connectivity index (χ4v) is 4.41. The average molecular weight is 326 g/mol. The molecule has 5 heteroatoms. The van der Waals surface area contributed by atoms with Gasteiger partial charge < -0.3 is 4.90 Å². The number of fused-ring (bicyclic) bond motifs is 2. The maximum Gasteiger partial charge on any atom is 0.246 e. The second-order valence-electron chi connectivity index (χ2n) is 5.23. The predicted octanol–water partition coefficient (Wildman–Crippen LogP) is 3.96. The lowest BCUT2D eigenvalue weighted by atomic mass is 10.1. The van der Waals surface area contributed by atoms with E-state index in [2.05, 4.69) is 22.5 Å². The van der Waals surface area contributed by atoms with Crippen molar-refractivity contribution in [3.05, 3.63) is 57.2 Å². The first kappa shape index (κ1) is 13.7. The fourth-order valence-electron chi connectivity index (χ4n) is 2.65. The highest BCUT2D eigenvalue weighted by Crippen LogP contribution is 2.25. The van der Waals surface area contributed by atoms with Crippen molar-refractivity contribution in [2.24, 2.45) is 0 Å². The number of hydrogen-bond donors (Lipinski definition) is 0. The molecule has 3 nitrogen and oxygen atoms in total. The van der Waals surface area contributed by atoms with Crippen molar-refractivity contribution < 1.29 is 4.79 Å². The van der Waals surface area contributed by atoms with Crippen molar-refractivity contribution in [1.29, 1.82) is 0 Å².